The zero-order valence-corrected chi connectivity index (χ0v) is 12.2. The van der Waals surface area contributed by atoms with Crippen molar-refractivity contribution in [2.45, 2.75) is 39.5 Å². The molecule has 0 unspecified atom stereocenters. The first-order chi connectivity index (χ1) is 8.37. The van der Waals surface area contributed by atoms with Gasteiger partial charge < -0.3 is 11.1 Å². The van der Waals surface area contributed by atoms with Gasteiger partial charge in [-0.15, -0.1) is 0 Å². The Bertz CT molecular complexity index is 344. The van der Waals surface area contributed by atoms with Crippen LogP contribution in [0.1, 0.15) is 39.8 Å². The van der Waals surface area contributed by atoms with Crippen molar-refractivity contribution in [1.29, 1.82) is 0 Å². The number of hydrogen-bond donors (Lipinski definition) is 2. The molecule has 0 fully saturated rings. The summed E-state index contributed by atoms with van der Waals surface area (Å²) < 4.78 is 0. The van der Waals surface area contributed by atoms with Gasteiger partial charge in [-0.1, -0.05) is 33.8 Å². The fraction of sp³-hybridized carbons (Fsp3) is 0.667. The van der Waals surface area contributed by atoms with Crippen molar-refractivity contribution < 1.29 is 0 Å². The molecular formula is C15H27N3. The van der Waals surface area contributed by atoms with E-state index in [1.54, 1.807) is 0 Å². The van der Waals surface area contributed by atoms with Crippen molar-refractivity contribution in [1.82, 2.24) is 10.3 Å². The molecule has 0 saturated heterocycles. The number of aromatic nitrogens is 1. The van der Waals surface area contributed by atoms with Gasteiger partial charge in [0.1, 0.15) is 0 Å². The summed E-state index contributed by atoms with van der Waals surface area (Å²) in [6.07, 6.45) is 2.95. The Kier molecular flexibility index (Phi) is 5.29. The minimum atomic E-state index is 0.0636. The highest BCUT2D eigenvalue weighted by Crippen LogP contribution is 2.20. The van der Waals surface area contributed by atoms with Crippen LogP contribution in [0.5, 0.6) is 0 Å². The highest BCUT2D eigenvalue weighted by Gasteiger charge is 2.22. The van der Waals surface area contributed by atoms with Crippen LogP contribution in [0.4, 0.5) is 0 Å². The Hall–Kier alpha value is -0.930. The maximum atomic E-state index is 5.73. The molecule has 1 heterocycles. The second-order valence-electron chi connectivity index (χ2n) is 6.39. The van der Waals surface area contributed by atoms with E-state index in [1.807, 2.05) is 18.3 Å². The smallest absolute Gasteiger partial charge is 0.0472 e. The largest absolute Gasteiger partial charge is 0.330 e. The molecule has 0 aliphatic rings. The molecule has 102 valence electrons. The molecule has 1 rings (SSSR count). The van der Waals surface area contributed by atoms with E-state index < -0.39 is 0 Å². The van der Waals surface area contributed by atoms with Crippen LogP contribution in [-0.2, 0) is 5.41 Å². The van der Waals surface area contributed by atoms with Crippen LogP contribution in [0, 0.1) is 5.41 Å². The third kappa shape index (κ3) is 4.75. The predicted molar refractivity (Wildman–Crippen MR) is 77.6 cm³/mol. The van der Waals surface area contributed by atoms with Gasteiger partial charge in [-0.3, -0.25) is 4.98 Å². The van der Waals surface area contributed by atoms with E-state index in [9.17, 15) is 0 Å². The molecule has 0 atom stereocenters. The Morgan fingerprint density at radius 2 is 1.94 bits per heavy atom. The molecule has 0 spiro atoms. The van der Waals surface area contributed by atoms with Gasteiger partial charge >= 0.3 is 0 Å². The normalized spacial score (nSPS) is 12.7. The van der Waals surface area contributed by atoms with Crippen LogP contribution in [0.2, 0.25) is 0 Å². The summed E-state index contributed by atoms with van der Waals surface area (Å²) in [6, 6.07) is 6.09. The number of nitrogens with zero attached hydrogens (tertiary/aromatic N) is 1. The molecule has 3 N–H and O–H groups in total. The fourth-order valence-electron chi connectivity index (χ4n) is 1.78. The molecule has 0 aliphatic heterocycles. The average molecular weight is 249 g/mol. The van der Waals surface area contributed by atoms with Crippen LogP contribution in [-0.4, -0.2) is 24.6 Å². The number of hydrogen-bond acceptors (Lipinski definition) is 3. The zero-order chi connectivity index (χ0) is 13.6. The lowest BCUT2D eigenvalue weighted by Crippen LogP contribution is -2.36. The summed E-state index contributed by atoms with van der Waals surface area (Å²) in [7, 11) is 0. The van der Waals surface area contributed by atoms with Crippen LogP contribution < -0.4 is 11.1 Å². The van der Waals surface area contributed by atoms with E-state index in [1.165, 1.54) is 0 Å². The van der Waals surface area contributed by atoms with E-state index >= 15 is 0 Å². The Morgan fingerprint density at radius 1 is 1.22 bits per heavy atom. The van der Waals surface area contributed by atoms with Gasteiger partial charge in [-0.05, 0) is 37.1 Å². The molecule has 0 radical (unpaired) electrons. The van der Waals surface area contributed by atoms with Crippen LogP contribution in [0.25, 0.3) is 0 Å². The van der Waals surface area contributed by atoms with Gasteiger partial charge in [-0.2, -0.15) is 0 Å². The highest BCUT2D eigenvalue weighted by atomic mass is 14.9. The van der Waals surface area contributed by atoms with Crippen molar-refractivity contribution in [2.75, 3.05) is 19.6 Å². The quantitative estimate of drug-likeness (QED) is 0.729. The maximum Gasteiger partial charge on any atom is 0.0472 e. The summed E-state index contributed by atoms with van der Waals surface area (Å²) in [6.45, 7) is 11.5. The van der Waals surface area contributed by atoms with Crippen molar-refractivity contribution in [3.8, 4) is 0 Å². The minimum absolute atomic E-state index is 0.0636. The summed E-state index contributed by atoms with van der Waals surface area (Å²) >= 11 is 0. The molecule has 0 saturated carbocycles. The Balaban J connectivity index is 2.39. The Morgan fingerprint density at radius 3 is 2.50 bits per heavy atom. The lowest BCUT2D eigenvalue weighted by atomic mass is 9.87. The van der Waals surface area contributed by atoms with Crippen molar-refractivity contribution in [2.24, 2.45) is 11.1 Å². The second kappa shape index (κ2) is 6.30. The van der Waals surface area contributed by atoms with Gasteiger partial charge in [0.25, 0.3) is 0 Å². The zero-order valence-electron chi connectivity index (χ0n) is 12.2. The summed E-state index contributed by atoms with van der Waals surface area (Å²) in [5.74, 6) is 0. The summed E-state index contributed by atoms with van der Waals surface area (Å²) in [5.41, 5.74) is 7.15. The standard InChI is InChI=1S/C15H27N3/c1-14(2,11-16)8-10-17-12-15(3,4)13-7-5-6-9-18-13/h5-7,9,17H,8,10-12,16H2,1-4H3. The van der Waals surface area contributed by atoms with Gasteiger partial charge in [-0.25, -0.2) is 0 Å². The molecule has 0 amide bonds. The minimum Gasteiger partial charge on any atom is -0.330 e. The molecule has 1 aromatic heterocycles. The predicted octanol–water partition coefficient (Wildman–Crippen LogP) is 2.32. The van der Waals surface area contributed by atoms with E-state index in [0.29, 0.717) is 0 Å². The van der Waals surface area contributed by atoms with Crippen molar-refractivity contribution in [3.63, 3.8) is 0 Å². The van der Waals surface area contributed by atoms with Gasteiger partial charge in [0.05, 0.1) is 0 Å². The van der Waals surface area contributed by atoms with E-state index in [0.717, 1.165) is 31.7 Å². The molecule has 0 aromatic carbocycles. The van der Waals surface area contributed by atoms with E-state index in [-0.39, 0.29) is 10.8 Å². The first-order valence-electron chi connectivity index (χ1n) is 6.70. The molecule has 0 bridgehead atoms. The number of nitrogens with one attached hydrogen (secondary N) is 1. The Labute approximate surface area is 111 Å². The van der Waals surface area contributed by atoms with Gasteiger partial charge in [0.15, 0.2) is 0 Å². The van der Waals surface area contributed by atoms with Crippen LogP contribution in [0.3, 0.4) is 0 Å². The third-order valence-corrected chi connectivity index (χ3v) is 3.46. The van der Waals surface area contributed by atoms with Crippen molar-refractivity contribution in [3.05, 3.63) is 30.1 Å². The van der Waals surface area contributed by atoms with E-state index in [4.69, 9.17) is 5.73 Å². The molecule has 3 heteroatoms. The molecule has 18 heavy (non-hydrogen) atoms. The highest BCUT2D eigenvalue weighted by molar-refractivity contribution is 5.14. The van der Waals surface area contributed by atoms with E-state index in [2.05, 4.69) is 44.1 Å². The first kappa shape index (κ1) is 15.1. The van der Waals surface area contributed by atoms with Crippen molar-refractivity contribution >= 4 is 0 Å². The second-order valence-corrected chi connectivity index (χ2v) is 6.39. The molecular weight excluding hydrogens is 222 g/mol. The monoisotopic (exact) mass is 249 g/mol. The topological polar surface area (TPSA) is 50.9 Å². The lowest BCUT2D eigenvalue weighted by Gasteiger charge is -2.27. The van der Waals surface area contributed by atoms with Gasteiger partial charge in [0, 0.05) is 23.9 Å². The lowest BCUT2D eigenvalue weighted by molar-refractivity contribution is 0.330. The molecule has 0 aliphatic carbocycles. The third-order valence-electron chi connectivity index (χ3n) is 3.46. The average Bonchev–Trinajstić information content (AvgIpc) is 2.36. The SMILES string of the molecule is CC(C)(CN)CCNCC(C)(C)c1ccccn1. The molecule has 1 aromatic rings. The molecule has 3 nitrogen and oxygen atoms in total. The number of nitrogens with two attached hydrogens (primary N) is 1. The maximum absolute atomic E-state index is 5.73. The number of pyridine rings is 1. The summed E-state index contributed by atoms with van der Waals surface area (Å²) in [5, 5.41) is 3.52. The van der Waals surface area contributed by atoms with Crippen LogP contribution >= 0.6 is 0 Å². The number of rotatable bonds is 7. The summed E-state index contributed by atoms with van der Waals surface area (Å²) in [4.78, 5) is 4.43. The van der Waals surface area contributed by atoms with Crippen LogP contribution in [0.15, 0.2) is 24.4 Å². The first-order valence-corrected chi connectivity index (χ1v) is 6.70. The fourth-order valence-corrected chi connectivity index (χ4v) is 1.78. The van der Waals surface area contributed by atoms with Gasteiger partial charge in [0.2, 0.25) is 0 Å².